The molecule has 1 heterocycles. The van der Waals surface area contributed by atoms with Crippen LogP contribution >= 0.6 is 11.8 Å². The molecule has 3 rings (SSSR count). The second-order valence-corrected chi connectivity index (χ2v) is 10.1. The summed E-state index contributed by atoms with van der Waals surface area (Å²) in [6.07, 6.45) is 11.4. The Labute approximate surface area is 236 Å². The molecular formula is C29H41N5O4S. The van der Waals surface area contributed by atoms with Crippen LogP contribution < -0.4 is 21.8 Å². The number of oxime groups is 1. The van der Waals surface area contributed by atoms with Crippen LogP contribution in [0.4, 0.5) is 0 Å². The van der Waals surface area contributed by atoms with Crippen molar-refractivity contribution in [1.29, 1.82) is 0 Å². The maximum absolute atomic E-state index is 12.6. The van der Waals surface area contributed by atoms with Gasteiger partial charge in [-0.2, -0.15) is 0 Å². The molecule has 0 spiro atoms. The van der Waals surface area contributed by atoms with E-state index in [1.807, 2.05) is 19.9 Å². The summed E-state index contributed by atoms with van der Waals surface area (Å²) in [5, 5.41) is 13.0. The average molecular weight is 556 g/mol. The van der Waals surface area contributed by atoms with Crippen molar-refractivity contribution in [3.05, 3.63) is 76.9 Å². The third kappa shape index (κ3) is 12.3. The fraction of sp³-hybridized carbons (Fsp3) is 0.379. The van der Waals surface area contributed by atoms with E-state index in [1.54, 1.807) is 23.9 Å². The van der Waals surface area contributed by atoms with E-state index in [-0.39, 0.29) is 11.9 Å². The van der Waals surface area contributed by atoms with Crippen molar-refractivity contribution in [1.82, 2.24) is 16.0 Å². The molecule has 1 atom stereocenters. The van der Waals surface area contributed by atoms with Crippen LogP contribution in [0.15, 0.2) is 81.4 Å². The Morgan fingerprint density at radius 3 is 2.64 bits per heavy atom. The van der Waals surface area contributed by atoms with Gasteiger partial charge in [-0.25, -0.2) is 0 Å². The number of rotatable bonds is 12. The minimum absolute atomic E-state index is 0.0535. The molecule has 0 bridgehead atoms. The van der Waals surface area contributed by atoms with Gasteiger partial charge in [0.05, 0.1) is 5.71 Å². The molecule has 1 aromatic carbocycles. The molecule has 1 aromatic rings. The number of fused-ring (bicyclic) bond motifs is 1. The minimum Gasteiger partial charge on any atom is -0.373 e. The first-order valence-electron chi connectivity index (χ1n) is 12.8. The summed E-state index contributed by atoms with van der Waals surface area (Å²) in [5.74, 6) is 5.20. The molecule has 1 unspecified atom stereocenters. The maximum atomic E-state index is 12.6. The van der Waals surface area contributed by atoms with E-state index in [2.05, 4.69) is 76.8 Å². The number of aldehydes is 1. The average Bonchev–Trinajstić information content (AvgIpc) is 2.96. The van der Waals surface area contributed by atoms with E-state index in [0.29, 0.717) is 30.2 Å². The van der Waals surface area contributed by atoms with Gasteiger partial charge in [0.2, 0.25) is 5.91 Å². The van der Waals surface area contributed by atoms with Crippen LogP contribution in [0.3, 0.4) is 0 Å². The number of carbonyl (C=O) groups is 3. The van der Waals surface area contributed by atoms with Crippen LogP contribution in [0.5, 0.6) is 0 Å². The van der Waals surface area contributed by atoms with Crippen LogP contribution in [-0.4, -0.2) is 50.9 Å². The second-order valence-electron chi connectivity index (χ2n) is 9.05. The summed E-state index contributed by atoms with van der Waals surface area (Å²) in [4.78, 5) is 37.4. The molecule has 0 fully saturated rings. The molecule has 0 aromatic heterocycles. The number of carbonyl (C=O) groups excluding carboxylic acids is 3. The molecular weight excluding hydrogens is 514 g/mol. The molecule has 39 heavy (non-hydrogen) atoms. The first-order valence-corrected chi connectivity index (χ1v) is 13.6. The molecule has 1 aliphatic carbocycles. The van der Waals surface area contributed by atoms with Crippen molar-refractivity contribution in [3.63, 3.8) is 0 Å². The maximum Gasteiger partial charge on any atom is 0.242 e. The zero-order valence-electron chi connectivity index (χ0n) is 23.1. The fourth-order valence-corrected chi connectivity index (χ4v) is 4.75. The van der Waals surface area contributed by atoms with E-state index in [1.165, 1.54) is 10.5 Å². The summed E-state index contributed by atoms with van der Waals surface area (Å²) >= 11 is 1.72. The van der Waals surface area contributed by atoms with Gasteiger partial charge >= 0.3 is 0 Å². The lowest BCUT2D eigenvalue weighted by Crippen LogP contribution is -2.45. The number of nitrogens with zero attached hydrogens (tertiary/aromatic N) is 1. The number of benzene rings is 1. The van der Waals surface area contributed by atoms with Crippen molar-refractivity contribution < 1.29 is 19.3 Å². The molecule has 1 amide bonds. The number of allylic oxidation sites excluding steroid dienone is 5. The van der Waals surface area contributed by atoms with E-state index in [4.69, 9.17) is 10.7 Å². The molecule has 0 radical (unpaired) electrons. The SMILES string of the molecule is C=C(NC(CC(C)C)C(=O)NCCCNC)C1=CCc2ccccc2S1.C=O.NO/N=C1\CC=CC=C1C=O. The molecule has 0 saturated carbocycles. The van der Waals surface area contributed by atoms with Crippen molar-refractivity contribution in [2.24, 2.45) is 17.0 Å². The zero-order chi connectivity index (χ0) is 29.0. The van der Waals surface area contributed by atoms with Crippen molar-refractivity contribution in [2.75, 3.05) is 20.1 Å². The number of hydrogen-bond donors (Lipinski definition) is 4. The first-order chi connectivity index (χ1) is 18.9. The van der Waals surface area contributed by atoms with Gasteiger partial charge in [0.25, 0.3) is 0 Å². The van der Waals surface area contributed by atoms with Gasteiger partial charge < -0.3 is 25.7 Å². The van der Waals surface area contributed by atoms with Gasteiger partial charge in [-0.1, -0.05) is 79.8 Å². The molecule has 2 aliphatic rings. The molecule has 5 N–H and O–H groups in total. The smallest absolute Gasteiger partial charge is 0.242 e. The van der Waals surface area contributed by atoms with E-state index in [9.17, 15) is 9.59 Å². The number of nitrogens with one attached hydrogen (secondary N) is 3. The highest BCUT2D eigenvalue weighted by atomic mass is 32.2. The van der Waals surface area contributed by atoms with Crippen molar-refractivity contribution >= 4 is 36.5 Å². The van der Waals surface area contributed by atoms with Gasteiger partial charge in [0, 0.05) is 34.0 Å². The third-order valence-corrected chi connectivity index (χ3v) is 6.87. The van der Waals surface area contributed by atoms with Gasteiger partial charge in [-0.05, 0) is 50.4 Å². The monoisotopic (exact) mass is 555 g/mol. The Balaban J connectivity index is 0.000000487. The van der Waals surface area contributed by atoms with Crippen LogP contribution in [0, 0.1) is 5.92 Å². The summed E-state index contributed by atoms with van der Waals surface area (Å²) in [5.41, 5.74) is 3.25. The molecule has 10 heteroatoms. The lowest BCUT2D eigenvalue weighted by molar-refractivity contribution is -0.123. The topological polar surface area (TPSA) is 135 Å². The summed E-state index contributed by atoms with van der Waals surface area (Å²) in [7, 11) is 1.92. The fourth-order valence-electron chi connectivity index (χ4n) is 3.73. The normalized spacial score (nSPS) is 15.3. The Bertz CT molecular complexity index is 1070. The highest BCUT2D eigenvalue weighted by Crippen LogP contribution is 2.37. The van der Waals surface area contributed by atoms with E-state index >= 15 is 0 Å². The van der Waals surface area contributed by atoms with E-state index < -0.39 is 0 Å². The van der Waals surface area contributed by atoms with Gasteiger partial charge in [-0.3, -0.25) is 9.59 Å². The third-order valence-electron chi connectivity index (χ3n) is 5.62. The molecule has 212 valence electrons. The quantitative estimate of drug-likeness (QED) is 0.175. The Morgan fingerprint density at radius 1 is 1.23 bits per heavy atom. The number of hydrogen-bond acceptors (Lipinski definition) is 9. The van der Waals surface area contributed by atoms with Gasteiger partial charge in [0.15, 0.2) is 6.29 Å². The highest BCUT2D eigenvalue weighted by molar-refractivity contribution is 8.03. The molecule has 9 nitrogen and oxygen atoms in total. The zero-order valence-corrected chi connectivity index (χ0v) is 23.9. The lowest BCUT2D eigenvalue weighted by Gasteiger charge is -2.25. The predicted octanol–water partition coefficient (Wildman–Crippen LogP) is 3.60. The first kappa shape index (κ1) is 33.6. The minimum atomic E-state index is -0.254. The van der Waals surface area contributed by atoms with Crippen LogP contribution in [0.2, 0.25) is 0 Å². The standard InChI is InChI=1S/C21H31N3OS.C7H8N2O2.CH2O/c1-15(2)14-18(21(25)23-13-7-12-22-4)24-16(3)19-11-10-17-8-5-6-9-20(17)26-19;8-11-9-7-4-2-1-3-6(7)5-10;1-2/h5-6,8-9,11,15,18,22,24H,3,7,10,12-14H2,1-2,4H3,(H,23,25);1-3,5H,4,8H2;1H2/b;9-7+;. The Kier molecular flexibility index (Phi) is 16.8. The highest BCUT2D eigenvalue weighted by Gasteiger charge is 2.22. The largest absolute Gasteiger partial charge is 0.373 e. The van der Waals surface area contributed by atoms with Crippen molar-refractivity contribution in [3.8, 4) is 0 Å². The summed E-state index contributed by atoms with van der Waals surface area (Å²) in [6.45, 7) is 12.1. The van der Waals surface area contributed by atoms with Gasteiger partial charge in [0.1, 0.15) is 12.8 Å². The Morgan fingerprint density at radius 2 is 1.97 bits per heavy atom. The van der Waals surface area contributed by atoms with Crippen molar-refractivity contribution in [2.45, 2.75) is 50.5 Å². The summed E-state index contributed by atoms with van der Waals surface area (Å²) < 4.78 is 0. The predicted molar refractivity (Wildman–Crippen MR) is 159 cm³/mol. The number of amides is 1. The van der Waals surface area contributed by atoms with Crippen LogP contribution in [0.1, 0.15) is 38.7 Å². The number of thioether (sulfide) groups is 1. The van der Waals surface area contributed by atoms with Gasteiger partial charge in [-0.15, -0.1) is 5.90 Å². The van der Waals surface area contributed by atoms with Crippen LogP contribution in [-0.2, 0) is 25.7 Å². The Hall–Kier alpha value is -3.47. The van der Waals surface area contributed by atoms with E-state index in [0.717, 1.165) is 42.7 Å². The van der Waals surface area contributed by atoms with Crippen LogP contribution in [0.25, 0.3) is 0 Å². The summed E-state index contributed by atoms with van der Waals surface area (Å²) in [6, 6.07) is 8.18. The lowest BCUT2D eigenvalue weighted by atomic mass is 10.0. The molecule has 0 saturated heterocycles. The number of nitrogens with two attached hydrogens (primary N) is 1. The molecule has 1 aliphatic heterocycles. The second kappa shape index (κ2) is 19.6.